The molecule has 1 atom stereocenters. The molecule has 2 heterocycles. The van der Waals surface area contributed by atoms with Gasteiger partial charge in [0.25, 0.3) is 0 Å². The fourth-order valence-electron chi connectivity index (χ4n) is 2.53. The highest BCUT2D eigenvalue weighted by molar-refractivity contribution is 5.88. The summed E-state index contributed by atoms with van der Waals surface area (Å²) in [6.07, 6.45) is 5.20. The van der Waals surface area contributed by atoms with E-state index in [1.165, 1.54) is 0 Å². The molecular formula is C16H17N5O. The molecule has 0 bridgehead atoms. The minimum absolute atomic E-state index is 0.251. The Morgan fingerprint density at radius 1 is 1.18 bits per heavy atom. The minimum Gasteiger partial charge on any atom is -0.496 e. The quantitative estimate of drug-likeness (QED) is 0.789. The average Bonchev–Trinajstić information content (AvgIpc) is 2.55. The number of ether oxygens (including phenoxy) is 1. The number of rotatable bonds is 3. The Morgan fingerprint density at radius 2 is 2.00 bits per heavy atom. The predicted molar refractivity (Wildman–Crippen MR) is 85.8 cm³/mol. The van der Waals surface area contributed by atoms with Crippen molar-refractivity contribution in [1.82, 2.24) is 10.3 Å². The van der Waals surface area contributed by atoms with Crippen LogP contribution in [0.5, 0.6) is 5.75 Å². The number of aromatic nitrogens is 1. The zero-order valence-electron chi connectivity index (χ0n) is 12.2. The molecule has 1 aromatic carbocycles. The smallest absolute Gasteiger partial charge is 0.195 e. The Bertz CT molecular complexity index is 741. The standard InChI is InChI=1S/C16H17N5O/c1-22-14-7-3-2-6-12(14)16(18)13(10-20-15(17)21-16)11-5-4-8-19-9-11/h2-10H,18H2,1H3,(H3,17,20,21). The average molecular weight is 295 g/mol. The van der Waals surface area contributed by atoms with Crippen molar-refractivity contribution in [2.45, 2.75) is 5.66 Å². The number of nitrogens with zero attached hydrogens (tertiary/aromatic N) is 2. The first kappa shape index (κ1) is 14.1. The van der Waals surface area contributed by atoms with Gasteiger partial charge in [-0.1, -0.05) is 24.3 Å². The van der Waals surface area contributed by atoms with E-state index < -0.39 is 5.66 Å². The Hall–Kier alpha value is -2.86. The molecule has 1 unspecified atom stereocenters. The lowest BCUT2D eigenvalue weighted by molar-refractivity contribution is 0.399. The molecule has 112 valence electrons. The van der Waals surface area contributed by atoms with Crippen molar-refractivity contribution in [2.75, 3.05) is 7.11 Å². The van der Waals surface area contributed by atoms with E-state index in [2.05, 4.69) is 15.3 Å². The molecule has 0 fully saturated rings. The summed E-state index contributed by atoms with van der Waals surface area (Å²) in [5.74, 6) is 0.902. The van der Waals surface area contributed by atoms with E-state index in [0.717, 1.165) is 16.7 Å². The van der Waals surface area contributed by atoms with Gasteiger partial charge in [0.05, 0.1) is 7.11 Å². The molecule has 0 amide bonds. The van der Waals surface area contributed by atoms with Crippen LogP contribution in [0.4, 0.5) is 0 Å². The van der Waals surface area contributed by atoms with Gasteiger partial charge in [-0.15, -0.1) is 0 Å². The van der Waals surface area contributed by atoms with Crippen LogP contribution in [-0.2, 0) is 5.66 Å². The second-order valence-electron chi connectivity index (χ2n) is 4.91. The van der Waals surface area contributed by atoms with Gasteiger partial charge in [0.1, 0.15) is 5.75 Å². The van der Waals surface area contributed by atoms with Crippen molar-refractivity contribution in [3.63, 3.8) is 0 Å². The van der Waals surface area contributed by atoms with E-state index in [9.17, 15) is 0 Å². The number of hydrogen-bond donors (Lipinski definition) is 3. The zero-order chi connectivity index (χ0) is 15.6. The highest BCUT2D eigenvalue weighted by atomic mass is 16.5. The summed E-state index contributed by atoms with van der Waals surface area (Å²) in [7, 11) is 1.60. The maximum absolute atomic E-state index is 6.64. The van der Waals surface area contributed by atoms with Crippen LogP contribution >= 0.6 is 0 Å². The van der Waals surface area contributed by atoms with Crippen molar-refractivity contribution in [3.05, 3.63) is 66.1 Å². The Balaban J connectivity index is 2.19. The van der Waals surface area contributed by atoms with E-state index in [0.29, 0.717) is 5.75 Å². The van der Waals surface area contributed by atoms with Gasteiger partial charge in [-0.2, -0.15) is 0 Å². The molecule has 2 aromatic rings. The molecular weight excluding hydrogens is 278 g/mol. The number of methoxy groups -OCH3 is 1. The van der Waals surface area contributed by atoms with E-state index in [4.69, 9.17) is 16.2 Å². The first-order chi connectivity index (χ1) is 10.6. The van der Waals surface area contributed by atoms with Gasteiger partial charge >= 0.3 is 0 Å². The molecule has 1 aliphatic rings. The topological polar surface area (TPSA) is 98.5 Å². The molecule has 5 N–H and O–H groups in total. The Morgan fingerprint density at radius 3 is 2.73 bits per heavy atom. The fraction of sp³-hybridized carbons (Fsp3) is 0.125. The highest BCUT2D eigenvalue weighted by Crippen LogP contribution is 2.40. The summed E-state index contributed by atoms with van der Waals surface area (Å²) in [4.78, 5) is 8.58. The molecule has 6 heteroatoms. The third-order valence-electron chi connectivity index (χ3n) is 3.56. The second kappa shape index (κ2) is 5.50. The van der Waals surface area contributed by atoms with Crippen molar-refractivity contribution in [3.8, 4) is 5.75 Å². The predicted octanol–water partition coefficient (Wildman–Crippen LogP) is 1.16. The van der Waals surface area contributed by atoms with Crippen molar-refractivity contribution in [2.24, 2.45) is 16.5 Å². The molecule has 0 aliphatic carbocycles. The lowest BCUT2D eigenvalue weighted by atomic mass is 9.87. The zero-order valence-corrected chi connectivity index (χ0v) is 12.2. The van der Waals surface area contributed by atoms with Crippen LogP contribution in [0.2, 0.25) is 0 Å². The third-order valence-corrected chi connectivity index (χ3v) is 3.56. The molecule has 0 spiro atoms. The minimum atomic E-state index is -1.15. The van der Waals surface area contributed by atoms with Crippen LogP contribution < -0.4 is 21.5 Å². The molecule has 3 rings (SSSR count). The van der Waals surface area contributed by atoms with Gasteiger partial charge < -0.3 is 15.8 Å². The van der Waals surface area contributed by atoms with Crippen LogP contribution in [0.3, 0.4) is 0 Å². The molecule has 0 saturated carbocycles. The van der Waals surface area contributed by atoms with Crippen LogP contribution in [0.1, 0.15) is 11.1 Å². The molecule has 22 heavy (non-hydrogen) atoms. The van der Waals surface area contributed by atoms with Gasteiger partial charge in [-0.3, -0.25) is 10.7 Å². The Kier molecular flexibility index (Phi) is 3.52. The van der Waals surface area contributed by atoms with Gasteiger partial charge in [0.15, 0.2) is 11.6 Å². The summed E-state index contributed by atoms with van der Waals surface area (Å²) < 4.78 is 5.43. The number of hydrogen-bond acceptors (Lipinski definition) is 6. The van der Waals surface area contributed by atoms with Crippen molar-refractivity contribution in [1.29, 1.82) is 0 Å². The van der Waals surface area contributed by atoms with Gasteiger partial charge in [-0.25, -0.2) is 4.99 Å². The maximum atomic E-state index is 6.64. The van der Waals surface area contributed by atoms with Crippen LogP contribution in [0.15, 0.2) is 60.0 Å². The molecule has 6 nitrogen and oxygen atoms in total. The van der Waals surface area contributed by atoms with Crippen molar-refractivity contribution >= 4 is 11.5 Å². The second-order valence-corrected chi connectivity index (χ2v) is 4.91. The van der Waals surface area contributed by atoms with E-state index in [1.54, 1.807) is 25.7 Å². The van der Waals surface area contributed by atoms with Crippen LogP contribution in [-0.4, -0.2) is 18.1 Å². The molecule has 1 aliphatic heterocycles. The first-order valence-corrected chi connectivity index (χ1v) is 6.80. The number of nitrogens with one attached hydrogen (secondary N) is 1. The molecule has 0 radical (unpaired) electrons. The lowest BCUT2D eigenvalue weighted by Gasteiger charge is -2.33. The summed E-state index contributed by atoms with van der Waals surface area (Å²) in [5.41, 5.74) is 13.7. The Labute approximate surface area is 128 Å². The monoisotopic (exact) mass is 295 g/mol. The number of aliphatic imine (C=N–C) groups is 1. The van der Waals surface area contributed by atoms with Gasteiger partial charge in [-0.05, 0) is 12.1 Å². The van der Waals surface area contributed by atoms with Gasteiger partial charge in [0.2, 0.25) is 0 Å². The SMILES string of the molecule is COc1ccccc1C1(N)N=C(N)NC=C1c1cccnc1. The third kappa shape index (κ3) is 2.29. The molecule has 1 aromatic heterocycles. The van der Waals surface area contributed by atoms with E-state index in [1.807, 2.05) is 36.4 Å². The van der Waals surface area contributed by atoms with Crippen LogP contribution in [0, 0.1) is 0 Å². The van der Waals surface area contributed by atoms with Gasteiger partial charge in [0, 0.05) is 35.3 Å². The number of benzene rings is 1. The van der Waals surface area contributed by atoms with E-state index >= 15 is 0 Å². The summed E-state index contributed by atoms with van der Waals surface area (Å²) in [6.45, 7) is 0. The first-order valence-electron chi connectivity index (χ1n) is 6.80. The van der Waals surface area contributed by atoms with Crippen molar-refractivity contribution < 1.29 is 4.74 Å². The number of pyridine rings is 1. The number of guanidine groups is 1. The maximum Gasteiger partial charge on any atom is 0.195 e. The molecule has 0 saturated heterocycles. The fourth-order valence-corrected chi connectivity index (χ4v) is 2.53. The number of para-hydroxylation sites is 1. The largest absolute Gasteiger partial charge is 0.496 e. The van der Waals surface area contributed by atoms with E-state index in [-0.39, 0.29) is 5.96 Å². The normalized spacial score (nSPS) is 20.6. The summed E-state index contributed by atoms with van der Waals surface area (Å²) >= 11 is 0. The highest BCUT2D eigenvalue weighted by Gasteiger charge is 2.37. The summed E-state index contributed by atoms with van der Waals surface area (Å²) in [5, 5.41) is 2.91. The number of nitrogens with two attached hydrogens (primary N) is 2. The lowest BCUT2D eigenvalue weighted by Crippen LogP contribution is -2.45. The van der Waals surface area contributed by atoms with Crippen LogP contribution in [0.25, 0.3) is 5.57 Å². The summed E-state index contributed by atoms with van der Waals surface area (Å²) in [6, 6.07) is 11.3.